The van der Waals surface area contributed by atoms with Gasteiger partial charge in [-0.25, -0.2) is 4.39 Å². The molecule has 0 aliphatic carbocycles. The van der Waals surface area contributed by atoms with E-state index in [2.05, 4.69) is 0 Å². The van der Waals surface area contributed by atoms with Crippen LogP contribution in [0.1, 0.15) is 28.4 Å². The Hall–Kier alpha value is -2.16. The van der Waals surface area contributed by atoms with Crippen molar-refractivity contribution in [3.05, 3.63) is 71.0 Å². The third-order valence-corrected chi connectivity index (χ3v) is 3.24. The highest BCUT2D eigenvalue weighted by Gasteiger charge is 2.18. The van der Waals surface area contributed by atoms with Crippen LogP contribution in [0.4, 0.5) is 4.39 Å². The SMILES string of the molecule is CCN(Cc1ccccc1)C(=O)c1cc(C)ccc1F. The van der Waals surface area contributed by atoms with Crippen molar-refractivity contribution < 1.29 is 9.18 Å². The average Bonchev–Trinajstić information content (AvgIpc) is 2.47. The van der Waals surface area contributed by atoms with Gasteiger partial charge in [-0.05, 0) is 31.5 Å². The molecule has 0 aliphatic heterocycles. The predicted octanol–water partition coefficient (Wildman–Crippen LogP) is 3.80. The molecule has 0 saturated carbocycles. The number of halogens is 1. The van der Waals surface area contributed by atoms with Crippen LogP contribution in [0.15, 0.2) is 48.5 Å². The van der Waals surface area contributed by atoms with Gasteiger partial charge in [-0.15, -0.1) is 0 Å². The summed E-state index contributed by atoms with van der Waals surface area (Å²) in [5.41, 5.74) is 2.06. The lowest BCUT2D eigenvalue weighted by Crippen LogP contribution is -2.31. The van der Waals surface area contributed by atoms with Crippen LogP contribution in [0.3, 0.4) is 0 Å². The molecule has 2 aromatic carbocycles. The van der Waals surface area contributed by atoms with Gasteiger partial charge in [0.05, 0.1) is 5.56 Å². The van der Waals surface area contributed by atoms with Gasteiger partial charge < -0.3 is 4.90 Å². The van der Waals surface area contributed by atoms with Gasteiger partial charge in [0, 0.05) is 13.1 Å². The van der Waals surface area contributed by atoms with Crippen molar-refractivity contribution in [3.63, 3.8) is 0 Å². The van der Waals surface area contributed by atoms with E-state index in [0.717, 1.165) is 11.1 Å². The molecule has 0 bridgehead atoms. The maximum atomic E-state index is 13.8. The summed E-state index contributed by atoms with van der Waals surface area (Å²) in [6.45, 7) is 4.78. The molecule has 0 fully saturated rings. The van der Waals surface area contributed by atoms with Gasteiger partial charge in [0.25, 0.3) is 5.91 Å². The summed E-state index contributed by atoms with van der Waals surface area (Å²) in [4.78, 5) is 14.1. The Morgan fingerprint density at radius 2 is 1.85 bits per heavy atom. The first-order chi connectivity index (χ1) is 9.61. The van der Waals surface area contributed by atoms with Crippen LogP contribution >= 0.6 is 0 Å². The fourth-order valence-electron chi connectivity index (χ4n) is 2.10. The number of nitrogens with zero attached hydrogens (tertiary/aromatic N) is 1. The van der Waals surface area contributed by atoms with Gasteiger partial charge in [-0.2, -0.15) is 0 Å². The molecule has 104 valence electrons. The molecule has 0 atom stereocenters. The molecule has 0 N–H and O–H groups in total. The van der Waals surface area contributed by atoms with E-state index >= 15 is 0 Å². The summed E-state index contributed by atoms with van der Waals surface area (Å²) in [5.74, 6) is -0.732. The summed E-state index contributed by atoms with van der Waals surface area (Å²) in [5, 5.41) is 0. The predicted molar refractivity (Wildman–Crippen MR) is 78.0 cm³/mol. The zero-order chi connectivity index (χ0) is 14.5. The van der Waals surface area contributed by atoms with Crippen molar-refractivity contribution in [2.24, 2.45) is 0 Å². The number of carbonyl (C=O) groups excluding carboxylic acids is 1. The van der Waals surface area contributed by atoms with Gasteiger partial charge in [0.1, 0.15) is 5.82 Å². The first kappa shape index (κ1) is 14.3. The van der Waals surface area contributed by atoms with Crippen LogP contribution in [0, 0.1) is 12.7 Å². The minimum absolute atomic E-state index is 0.141. The Morgan fingerprint density at radius 3 is 2.50 bits per heavy atom. The van der Waals surface area contributed by atoms with Crippen LogP contribution in [-0.2, 0) is 6.54 Å². The summed E-state index contributed by atoms with van der Waals surface area (Å²) >= 11 is 0. The molecule has 0 heterocycles. The molecule has 0 saturated heterocycles. The molecule has 0 spiro atoms. The molecule has 0 aliphatic rings. The summed E-state index contributed by atoms with van der Waals surface area (Å²) in [7, 11) is 0. The largest absolute Gasteiger partial charge is 0.335 e. The Kier molecular flexibility index (Phi) is 4.51. The monoisotopic (exact) mass is 271 g/mol. The van der Waals surface area contributed by atoms with E-state index in [-0.39, 0.29) is 11.5 Å². The third kappa shape index (κ3) is 3.23. The molecule has 0 aromatic heterocycles. The van der Waals surface area contributed by atoms with Crippen LogP contribution < -0.4 is 0 Å². The number of hydrogen-bond donors (Lipinski definition) is 0. The average molecular weight is 271 g/mol. The lowest BCUT2D eigenvalue weighted by Gasteiger charge is -2.21. The molecule has 2 rings (SSSR count). The third-order valence-electron chi connectivity index (χ3n) is 3.24. The number of hydrogen-bond acceptors (Lipinski definition) is 1. The van der Waals surface area contributed by atoms with Crippen LogP contribution in [0.5, 0.6) is 0 Å². The smallest absolute Gasteiger partial charge is 0.257 e. The van der Waals surface area contributed by atoms with E-state index in [0.29, 0.717) is 13.1 Å². The second-order valence-electron chi connectivity index (χ2n) is 4.79. The van der Waals surface area contributed by atoms with Gasteiger partial charge >= 0.3 is 0 Å². The summed E-state index contributed by atoms with van der Waals surface area (Å²) in [6, 6.07) is 14.3. The standard InChI is InChI=1S/C17H18FNO/c1-3-19(12-14-7-5-4-6-8-14)17(20)15-11-13(2)9-10-16(15)18/h4-11H,3,12H2,1-2H3. The lowest BCUT2D eigenvalue weighted by molar-refractivity contribution is 0.0747. The maximum absolute atomic E-state index is 13.8. The van der Waals surface area contributed by atoms with Gasteiger partial charge in [0.15, 0.2) is 0 Å². The number of benzene rings is 2. The Morgan fingerprint density at radius 1 is 1.15 bits per heavy atom. The molecule has 0 radical (unpaired) electrons. The van der Waals surface area contributed by atoms with Crippen LogP contribution in [0.25, 0.3) is 0 Å². The topological polar surface area (TPSA) is 20.3 Å². The second-order valence-corrected chi connectivity index (χ2v) is 4.79. The first-order valence-electron chi connectivity index (χ1n) is 6.71. The van der Waals surface area contributed by atoms with Crippen LogP contribution in [-0.4, -0.2) is 17.4 Å². The molecule has 1 amide bonds. The molecule has 20 heavy (non-hydrogen) atoms. The fourth-order valence-corrected chi connectivity index (χ4v) is 2.10. The zero-order valence-electron chi connectivity index (χ0n) is 11.8. The van der Waals surface area contributed by atoms with Gasteiger partial charge in [-0.3, -0.25) is 4.79 Å². The van der Waals surface area contributed by atoms with Gasteiger partial charge in [-0.1, -0.05) is 42.0 Å². The van der Waals surface area contributed by atoms with Gasteiger partial charge in [0.2, 0.25) is 0 Å². The minimum Gasteiger partial charge on any atom is -0.335 e. The second kappa shape index (κ2) is 6.33. The highest BCUT2D eigenvalue weighted by molar-refractivity contribution is 5.94. The zero-order valence-corrected chi connectivity index (χ0v) is 11.8. The number of aryl methyl sites for hydroxylation is 1. The Bertz CT molecular complexity index is 595. The number of amides is 1. The van der Waals surface area contributed by atoms with Crippen molar-refractivity contribution in [2.45, 2.75) is 20.4 Å². The van der Waals surface area contributed by atoms with E-state index in [4.69, 9.17) is 0 Å². The molecule has 2 aromatic rings. The first-order valence-corrected chi connectivity index (χ1v) is 6.71. The highest BCUT2D eigenvalue weighted by atomic mass is 19.1. The normalized spacial score (nSPS) is 10.3. The minimum atomic E-state index is -0.466. The fraction of sp³-hybridized carbons (Fsp3) is 0.235. The van der Waals surface area contributed by atoms with E-state index in [9.17, 15) is 9.18 Å². The summed E-state index contributed by atoms with van der Waals surface area (Å²) in [6.07, 6.45) is 0. The van der Waals surface area contributed by atoms with Crippen molar-refractivity contribution in [1.29, 1.82) is 0 Å². The maximum Gasteiger partial charge on any atom is 0.257 e. The molecular formula is C17H18FNO. The van der Waals surface area contributed by atoms with E-state index in [1.165, 1.54) is 6.07 Å². The van der Waals surface area contributed by atoms with E-state index in [1.807, 2.05) is 44.2 Å². The molecule has 0 unspecified atom stereocenters. The van der Waals surface area contributed by atoms with Crippen molar-refractivity contribution in [3.8, 4) is 0 Å². The lowest BCUT2D eigenvalue weighted by atomic mass is 10.1. The van der Waals surface area contributed by atoms with Crippen molar-refractivity contribution >= 4 is 5.91 Å². The highest BCUT2D eigenvalue weighted by Crippen LogP contribution is 2.15. The van der Waals surface area contributed by atoms with Crippen molar-refractivity contribution in [2.75, 3.05) is 6.54 Å². The van der Waals surface area contributed by atoms with E-state index < -0.39 is 5.82 Å². The van der Waals surface area contributed by atoms with Crippen LogP contribution in [0.2, 0.25) is 0 Å². The number of carbonyl (C=O) groups is 1. The number of rotatable bonds is 4. The molecule has 2 nitrogen and oxygen atoms in total. The quantitative estimate of drug-likeness (QED) is 0.828. The Labute approximate surface area is 118 Å². The van der Waals surface area contributed by atoms with E-state index in [1.54, 1.807) is 17.0 Å². The Balaban J connectivity index is 2.23. The summed E-state index contributed by atoms with van der Waals surface area (Å²) < 4.78 is 13.8. The molecular weight excluding hydrogens is 253 g/mol. The van der Waals surface area contributed by atoms with Crippen molar-refractivity contribution in [1.82, 2.24) is 4.90 Å². The molecule has 3 heteroatoms.